The maximum absolute atomic E-state index is 11.4. The van der Waals surface area contributed by atoms with Crippen molar-refractivity contribution in [3.05, 3.63) is 69.0 Å². The van der Waals surface area contributed by atoms with Crippen LogP contribution >= 0.6 is 34.5 Å². The molecule has 1 N–H and O–H groups in total. The zero-order valence-electron chi connectivity index (χ0n) is 14.9. The van der Waals surface area contributed by atoms with Crippen LogP contribution in [0.3, 0.4) is 0 Å². The van der Waals surface area contributed by atoms with Gasteiger partial charge in [0.05, 0.1) is 15.6 Å². The van der Waals surface area contributed by atoms with Crippen molar-refractivity contribution < 1.29 is 5.11 Å². The molecule has 0 saturated carbocycles. The third kappa shape index (κ3) is 3.10. The third-order valence-electron chi connectivity index (χ3n) is 6.29. The molecule has 0 radical (unpaired) electrons. The summed E-state index contributed by atoms with van der Waals surface area (Å²) in [5.41, 5.74) is 1.50. The van der Waals surface area contributed by atoms with Gasteiger partial charge in [0.25, 0.3) is 0 Å². The van der Waals surface area contributed by atoms with Crippen molar-refractivity contribution in [3.63, 3.8) is 0 Å². The zero-order chi connectivity index (χ0) is 18.6. The summed E-state index contributed by atoms with van der Waals surface area (Å²) >= 11 is 14.1. The first kappa shape index (κ1) is 18.0. The Labute approximate surface area is 173 Å². The molecule has 2 nitrogen and oxygen atoms in total. The van der Waals surface area contributed by atoms with Crippen LogP contribution in [0.4, 0.5) is 0 Å². The minimum Gasteiger partial charge on any atom is -0.385 e. The predicted molar refractivity (Wildman–Crippen MR) is 114 cm³/mol. The van der Waals surface area contributed by atoms with E-state index in [9.17, 15) is 5.11 Å². The third-order valence-corrected chi connectivity index (χ3v) is 8.04. The van der Waals surface area contributed by atoms with Crippen molar-refractivity contribution >= 4 is 44.6 Å². The first-order valence-corrected chi connectivity index (χ1v) is 11.1. The number of fused-ring (bicyclic) bond motifs is 3. The molecule has 2 fully saturated rings. The number of rotatable bonds is 3. The summed E-state index contributed by atoms with van der Waals surface area (Å²) in [4.78, 5) is 2.61. The largest absolute Gasteiger partial charge is 0.385 e. The molecule has 0 amide bonds. The molecular weight excluding hydrogens is 397 g/mol. The van der Waals surface area contributed by atoms with E-state index in [1.165, 1.54) is 15.6 Å². The van der Waals surface area contributed by atoms with Crippen LogP contribution in [0.1, 0.15) is 36.8 Å². The highest BCUT2D eigenvalue weighted by Gasteiger charge is 2.48. The molecule has 1 unspecified atom stereocenters. The van der Waals surface area contributed by atoms with E-state index in [-0.39, 0.29) is 0 Å². The standard InChI is InChI=1S/C22H21Cl2NOS/c23-19-8-5-15(9-20(19)24)22(26)10-16-6-7-17(11-22)25(16)12-14-13-27-21-4-2-1-3-18(14)21/h1-5,8-9,13,16-17,26H,6-7,10-12H2/t16-,17+,22?. The van der Waals surface area contributed by atoms with Crippen LogP contribution in [-0.2, 0) is 12.1 Å². The molecule has 1 aromatic heterocycles. The lowest BCUT2D eigenvalue weighted by Gasteiger charge is -2.44. The second kappa shape index (κ2) is 6.75. The number of hydrogen-bond donors (Lipinski definition) is 1. The summed E-state index contributed by atoms with van der Waals surface area (Å²) in [6.07, 6.45) is 3.81. The van der Waals surface area contributed by atoms with Crippen LogP contribution in [0.5, 0.6) is 0 Å². The SMILES string of the molecule is OC1(c2ccc(Cl)c(Cl)c2)C[C@H]2CC[C@@H](C1)N2Cc1csc2ccccc12. The average Bonchev–Trinajstić information content (AvgIpc) is 3.17. The average molecular weight is 418 g/mol. The fourth-order valence-electron chi connectivity index (χ4n) is 4.95. The summed E-state index contributed by atoms with van der Waals surface area (Å²) in [6.45, 7) is 0.969. The van der Waals surface area contributed by atoms with Gasteiger partial charge in [-0.3, -0.25) is 4.90 Å². The number of piperidine rings is 1. The summed E-state index contributed by atoms with van der Waals surface area (Å²) in [7, 11) is 0. The summed E-state index contributed by atoms with van der Waals surface area (Å²) in [5, 5.41) is 16.1. The van der Waals surface area contributed by atoms with Gasteiger partial charge in [-0.2, -0.15) is 0 Å². The molecule has 5 heteroatoms. The van der Waals surface area contributed by atoms with Crippen molar-refractivity contribution in [2.24, 2.45) is 0 Å². The molecule has 2 bridgehead atoms. The van der Waals surface area contributed by atoms with Gasteiger partial charge in [-0.15, -0.1) is 11.3 Å². The maximum atomic E-state index is 11.4. The van der Waals surface area contributed by atoms with Crippen molar-refractivity contribution in [2.45, 2.75) is 49.9 Å². The van der Waals surface area contributed by atoms with Crippen LogP contribution < -0.4 is 0 Å². The van der Waals surface area contributed by atoms with Gasteiger partial charge in [-0.1, -0.05) is 47.5 Å². The Morgan fingerprint density at radius 3 is 2.52 bits per heavy atom. The Balaban J connectivity index is 1.40. The normalized spacial score (nSPS) is 28.1. The zero-order valence-corrected chi connectivity index (χ0v) is 17.2. The van der Waals surface area contributed by atoms with Gasteiger partial charge in [-0.05, 0) is 65.8 Å². The fraction of sp³-hybridized carbons (Fsp3) is 0.364. The molecule has 3 heterocycles. The molecule has 0 aliphatic carbocycles. The lowest BCUT2D eigenvalue weighted by molar-refractivity contribution is -0.0593. The Bertz CT molecular complexity index is 987. The van der Waals surface area contributed by atoms with Crippen LogP contribution in [0.25, 0.3) is 10.1 Å². The van der Waals surface area contributed by atoms with Crippen molar-refractivity contribution in [1.82, 2.24) is 4.90 Å². The molecular formula is C22H21Cl2NOS. The van der Waals surface area contributed by atoms with Crippen molar-refractivity contribution in [1.29, 1.82) is 0 Å². The topological polar surface area (TPSA) is 23.5 Å². The number of nitrogens with zero attached hydrogens (tertiary/aromatic N) is 1. The summed E-state index contributed by atoms with van der Waals surface area (Å²) in [6, 6.07) is 15.0. The number of halogens is 2. The number of aliphatic hydroxyl groups is 1. The molecule has 140 valence electrons. The van der Waals surface area contributed by atoms with Crippen LogP contribution in [0.15, 0.2) is 47.8 Å². The second-order valence-electron chi connectivity index (χ2n) is 7.88. The highest BCUT2D eigenvalue weighted by molar-refractivity contribution is 7.17. The molecule has 2 aliphatic rings. The Hall–Kier alpha value is -1.10. The minimum absolute atomic E-state index is 0.405. The molecule has 2 saturated heterocycles. The molecule has 27 heavy (non-hydrogen) atoms. The van der Waals surface area contributed by atoms with Crippen molar-refractivity contribution in [3.8, 4) is 0 Å². The predicted octanol–water partition coefficient (Wildman–Crippen LogP) is 6.22. The Morgan fingerprint density at radius 1 is 1.04 bits per heavy atom. The molecule has 3 aromatic rings. The highest BCUT2D eigenvalue weighted by Crippen LogP contribution is 2.47. The number of hydrogen-bond acceptors (Lipinski definition) is 3. The monoisotopic (exact) mass is 417 g/mol. The van der Waals surface area contributed by atoms with E-state index in [2.05, 4.69) is 34.5 Å². The van der Waals surface area contributed by atoms with Crippen molar-refractivity contribution in [2.75, 3.05) is 0 Å². The van der Waals surface area contributed by atoms with Gasteiger partial charge in [0.1, 0.15) is 0 Å². The smallest absolute Gasteiger partial charge is 0.0926 e. The first-order valence-electron chi connectivity index (χ1n) is 9.42. The Morgan fingerprint density at radius 2 is 1.78 bits per heavy atom. The van der Waals surface area contributed by atoms with E-state index in [0.29, 0.717) is 22.1 Å². The van der Waals surface area contributed by atoms with E-state index >= 15 is 0 Å². The molecule has 5 rings (SSSR count). The Kier molecular flexibility index (Phi) is 4.49. The molecule has 0 spiro atoms. The van der Waals surface area contributed by atoms with Gasteiger partial charge in [0.15, 0.2) is 0 Å². The lowest BCUT2D eigenvalue weighted by atomic mass is 9.80. The summed E-state index contributed by atoms with van der Waals surface area (Å²) < 4.78 is 1.35. The van der Waals surface area contributed by atoms with Gasteiger partial charge in [0, 0.05) is 23.3 Å². The van der Waals surface area contributed by atoms with E-state index in [1.807, 2.05) is 23.5 Å². The first-order chi connectivity index (χ1) is 13.0. The number of benzene rings is 2. The number of thiophene rings is 1. The second-order valence-corrected chi connectivity index (χ2v) is 9.61. The van der Waals surface area contributed by atoms with Crippen LogP contribution in [0.2, 0.25) is 10.0 Å². The van der Waals surface area contributed by atoms with Crippen LogP contribution in [0, 0.1) is 0 Å². The van der Waals surface area contributed by atoms with Gasteiger partial charge >= 0.3 is 0 Å². The van der Waals surface area contributed by atoms with E-state index < -0.39 is 5.60 Å². The van der Waals surface area contributed by atoms with Gasteiger partial charge in [0.2, 0.25) is 0 Å². The lowest BCUT2D eigenvalue weighted by Crippen LogP contribution is -2.49. The maximum Gasteiger partial charge on any atom is 0.0926 e. The molecule has 3 atom stereocenters. The van der Waals surface area contributed by atoms with E-state index in [1.54, 1.807) is 6.07 Å². The van der Waals surface area contributed by atoms with Gasteiger partial charge < -0.3 is 5.11 Å². The summed E-state index contributed by atoms with van der Waals surface area (Å²) in [5.74, 6) is 0. The molecule has 2 aliphatic heterocycles. The molecule has 2 aromatic carbocycles. The van der Waals surface area contributed by atoms with Crippen LogP contribution in [-0.4, -0.2) is 22.1 Å². The van der Waals surface area contributed by atoms with E-state index in [0.717, 1.165) is 37.8 Å². The minimum atomic E-state index is -0.812. The fourth-order valence-corrected chi connectivity index (χ4v) is 6.20. The van der Waals surface area contributed by atoms with E-state index in [4.69, 9.17) is 23.2 Å². The quantitative estimate of drug-likeness (QED) is 0.546. The van der Waals surface area contributed by atoms with Gasteiger partial charge in [-0.25, -0.2) is 0 Å². The highest BCUT2D eigenvalue weighted by atomic mass is 35.5.